The van der Waals surface area contributed by atoms with E-state index < -0.39 is 5.97 Å². The number of carboxylic acids is 1. The molecule has 102 valence electrons. The molecule has 0 aliphatic heterocycles. The highest BCUT2D eigenvalue weighted by Crippen LogP contribution is 2.04. The van der Waals surface area contributed by atoms with Crippen molar-refractivity contribution in [3.8, 4) is 0 Å². The highest BCUT2D eigenvalue weighted by atomic mass is 16.4. The summed E-state index contributed by atoms with van der Waals surface area (Å²) in [6.07, 6.45) is 5.37. The number of aromatic nitrogens is 1. The molecule has 0 radical (unpaired) electrons. The van der Waals surface area contributed by atoms with Crippen molar-refractivity contribution in [2.75, 3.05) is 0 Å². The number of carboxylic acid groups (broad SMARTS) is 1. The molecular weight excluding hydrogens is 260 g/mol. The second kappa shape index (κ2) is 6.33. The van der Waals surface area contributed by atoms with Gasteiger partial charge in [0.15, 0.2) is 0 Å². The maximum Gasteiger partial charge on any atom is 0.328 e. The number of carbonyl (C=O) groups excluding carboxylic acids is 1. The summed E-state index contributed by atoms with van der Waals surface area (Å²) in [5.41, 5.74) is 0.860. The first-order valence-electron chi connectivity index (χ1n) is 5.83. The fraction of sp³-hybridized carbons (Fsp3) is 0.0714. The van der Waals surface area contributed by atoms with Gasteiger partial charge in [-0.15, -0.1) is 0 Å². The molecule has 0 saturated carbocycles. The van der Waals surface area contributed by atoms with E-state index in [9.17, 15) is 9.59 Å². The van der Waals surface area contributed by atoms with Crippen molar-refractivity contribution >= 4 is 18.0 Å². The second-order valence-electron chi connectivity index (χ2n) is 3.91. The summed E-state index contributed by atoms with van der Waals surface area (Å²) in [5, 5.41) is 11.2. The van der Waals surface area contributed by atoms with Gasteiger partial charge in [0.25, 0.3) is 5.91 Å². The van der Waals surface area contributed by atoms with Gasteiger partial charge in [0.1, 0.15) is 11.5 Å². The third kappa shape index (κ3) is 3.81. The summed E-state index contributed by atoms with van der Waals surface area (Å²) in [7, 11) is 0. The lowest BCUT2D eigenvalue weighted by molar-refractivity contribution is -0.131. The van der Waals surface area contributed by atoms with E-state index in [0.717, 1.165) is 6.08 Å². The Balaban J connectivity index is 1.95. The molecule has 6 heteroatoms. The van der Waals surface area contributed by atoms with Crippen molar-refractivity contribution < 1.29 is 19.1 Å². The maximum absolute atomic E-state index is 11.8. The summed E-state index contributed by atoms with van der Waals surface area (Å²) in [5.74, 6) is -0.709. The highest BCUT2D eigenvalue weighted by Gasteiger charge is 2.07. The maximum atomic E-state index is 11.8. The Morgan fingerprint density at radius 3 is 2.80 bits per heavy atom. The molecule has 0 saturated heterocycles. The zero-order valence-electron chi connectivity index (χ0n) is 10.4. The quantitative estimate of drug-likeness (QED) is 0.808. The van der Waals surface area contributed by atoms with Crippen LogP contribution >= 0.6 is 0 Å². The van der Waals surface area contributed by atoms with Crippen LogP contribution in [-0.2, 0) is 11.3 Å². The van der Waals surface area contributed by atoms with E-state index in [2.05, 4.69) is 10.3 Å². The standard InChI is InChI=1S/C14H12N2O4/c17-13(18)6-4-10-3-5-12(15-8-10)14(19)16-9-11-2-1-7-20-11/h1-8H,9H2,(H,16,19)(H,17,18). The first kappa shape index (κ1) is 13.5. The highest BCUT2D eigenvalue weighted by molar-refractivity contribution is 5.92. The number of nitrogens with one attached hydrogen (secondary N) is 1. The van der Waals surface area contributed by atoms with E-state index in [0.29, 0.717) is 11.3 Å². The Hall–Kier alpha value is -2.89. The van der Waals surface area contributed by atoms with Gasteiger partial charge in [0.2, 0.25) is 0 Å². The van der Waals surface area contributed by atoms with Gasteiger partial charge in [-0.2, -0.15) is 0 Å². The predicted octanol–water partition coefficient (Wildman–Crippen LogP) is 1.70. The fourth-order valence-electron chi connectivity index (χ4n) is 1.48. The summed E-state index contributed by atoms with van der Waals surface area (Å²) in [6, 6.07) is 6.64. The van der Waals surface area contributed by atoms with Crippen LogP contribution in [0.15, 0.2) is 47.2 Å². The molecule has 0 aliphatic carbocycles. The molecular formula is C14H12N2O4. The lowest BCUT2D eigenvalue weighted by Gasteiger charge is -2.02. The van der Waals surface area contributed by atoms with Crippen molar-refractivity contribution in [3.05, 3.63) is 59.8 Å². The van der Waals surface area contributed by atoms with Gasteiger partial charge in [-0.05, 0) is 29.8 Å². The van der Waals surface area contributed by atoms with Crippen LogP contribution in [-0.4, -0.2) is 22.0 Å². The number of carbonyl (C=O) groups is 2. The van der Waals surface area contributed by atoms with Crippen molar-refractivity contribution in [3.63, 3.8) is 0 Å². The Morgan fingerprint density at radius 1 is 1.35 bits per heavy atom. The minimum Gasteiger partial charge on any atom is -0.478 e. The largest absolute Gasteiger partial charge is 0.478 e. The van der Waals surface area contributed by atoms with E-state index in [4.69, 9.17) is 9.52 Å². The van der Waals surface area contributed by atoms with Crippen molar-refractivity contribution in [1.29, 1.82) is 0 Å². The minimum absolute atomic E-state index is 0.254. The lowest BCUT2D eigenvalue weighted by Crippen LogP contribution is -2.23. The van der Waals surface area contributed by atoms with Crippen molar-refractivity contribution in [2.45, 2.75) is 6.54 Å². The van der Waals surface area contributed by atoms with E-state index >= 15 is 0 Å². The molecule has 2 aromatic heterocycles. The van der Waals surface area contributed by atoms with Crippen LogP contribution in [0, 0.1) is 0 Å². The number of hydrogen-bond acceptors (Lipinski definition) is 4. The van der Waals surface area contributed by atoms with Crippen LogP contribution in [0.3, 0.4) is 0 Å². The molecule has 0 aliphatic rings. The zero-order chi connectivity index (χ0) is 14.4. The monoisotopic (exact) mass is 272 g/mol. The van der Waals surface area contributed by atoms with Crippen LogP contribution < -0.4 is 5.32 Å². The summed E-state index contributed by atoms with van der Waals surface area (Å²) < 4.78 is 5.09. The second-order valence-corrected chi connectivity index (χ2v) is 3.91. The minimum atomic E-state index is -1.04. The first-order valence-corrected chi connectivity index (χ1v) is 5.83. The zero-order valence-corrected chi connectivity index (χ0v) is 10.4. The van der Waals surface area contributed by atoms with Gasteiger partial charge in [-0.3, -0.25) is 9.78 Å². The SMILES string of the molecule is O=C(O)C=Cc1ccc(C(=O)NCc2ccco2)nc1. The van der Waals surface area contributed by atoms with Crippen LogP contribution in [0.2, 0.25) is 0 Å². The van der Waals surface area contributed by atoms with E-state index in [-0.39, 0.29) is 18.1 Å². The van der Waals surface area contributed by atoms with Gasteiger partial charge < -0.3 is 14.8 Å². The molecule has 6 nitrogen and oxygen atoms in total. The first-order chi connectivity index (χ1) is 9.65. The van der Waals surface area contributed by atoms with Gasteiger partial charge >= 0.3 is 5.97 Å². The molecule has 0 bridgehead atoms. The number of hydrogen-bond donors (Lipinski definition) is 2. The number of furan rings is 1. The molecule has 0 atom stereocenters. The normalized spacial score (nSPS) is 10.6. The van der Waals surface area contributed by atoms with Gasteiger partial charge in [0.05, 0.1) is 12.8 Å². The molecule has 0 unspecified atom stereocenters. The Labute approximate surface area is 114 Å². The molecule has 1 amide bonds. The molecule has 2 rings (SSSR count). The average Bonchev–Trinajstić information content (AvgIpc) is 2.96. The molecule has 2 heterocycles. The Bertz CT molecular complexity index is 615. The lowest BCUT2D eigenvalue weighted by atomic mass is 10.2. The van der Waals surface area contributed by atoms with Crippen molar-refractivity contribution in [1.82, 2.24) is 10.3 Å². The summed E-state index contributed by atoms with van der Waals surface area (Å²) >= 11 is 0. The number of pyridine rings is 1. The van der Waals surface area contributed by atoms with Crippen LogP contribution in [0.4, 0.5) is 0 Å². The van der Waals surface area contributed by atoms with Crippen LogP contribution in [0.5, 0.6) is 0 Å². The third-order valence-electron chi connectivity index (χ3n) is 2.44. The molecule has 2 N–H and O–H groups in total. The average molecular weight is 272 g/mol. The van der Waals surface area contributed by atoms with E-state index in [1.165, 1.54) is 24.6 Å². The molecule has 2 aromatic rings. The van der Waals surface area contributed by atoms with Crippen LogP contribution in [0.1, 0.15) is 21.8 Å². The molecule has 0 aromatic carbocycles. The molecule has 0 fully saturated rings. The fourth-order valence-corrected chi connectivity index (χ4v) is 1.48. The summed E-state index contributed by atoms with van der Waals surface area (Å²) in [6.45, 7) is 0.286. The molecule has 0 spiro atoms. The number of nitrogens with zero attached hydrogens (tertiary/aromatic N) is 1. The van der Waals surface area contributed by atoms with Gasteiger partial charge in [0, 0.05) is 12.3 Å². The molecule has 20 heavy (non-hydrogen) atoms. The van der Waals surface area contributed by atoms with E-state index in [1.807, 2.05) is 0 Å². The topological polar surface area (TPSA) is 92.4 Å². The predicted molar refractivity (Wildman–Crippen MR) is 70.8 cm³/mol. The van der Waals surface area contributed by atoms with Gasteiger partial charge in [-0.1, -0.05) is 6.07 Å². The van der Waals surface area contributed by atoms with Crippen molar-refractivity contribution in [2.24, 2.45) is 0 Å². The number of rotatable bonds is 5. The number of aliphatic carboxylic acids is 1. The number of amides is 1. The third-order valence-corrected chi connectivity index (χ3v) is 2.44. The summed E-state index contributed by atoms with van der Waals surface area (Å²) in [4.78, 5) is 26.1. The Kier molecular flexibility index (Phi) is 4.28. The smallest absolute Gasteiger partial charge is 0.328 e. The Morgan fingerprint density at radius 2 is 2.20 bits per heavy atom. The van der Waals surface area contributed by atoms with Gasteiger partial charge in [-0.25, -0.2) is 4.79 Å². The van der Waals surface area contributed by atoms with E-state index in [1.54, 1.807) is 18.2 Å². The van der Waals surface area contributed by atoms with Crippen LogP contribution in [0.25, 0.3) is 6.08 Å².